The number of methoxy groups -OCH3 is 2. The molecule has 1 N–H and O–H groups in total. The summed E-state index contributed by atoms with van der Waals surface area (Å²) in [4.78, 5) is 4.55. The fourth-order valence-electron chi connectivity index (χ4n) is 3.12. The van der Waals surface area contributed by atoms with Crippen molar-refractivity contribution in [3.05, 3.63) is 78.6 Å². The molecule has 3 aromatic carbocycles. The number of nitrogens with zero attached hydrogens (tertiary/aromatic N) is 2. The Labute approximate surface area is 158 Å². The van der Waals surface area contributed by atoms with E-state index in [-0.39, 0.29) is 0 Å². The molecule has 5 heteroatoms. The summed E-state index contributed by atoms with van der Waals surface area (Å²) in [7, 11) is 3.36. The first-order chi connectivity index (χ1) is 13.3. The highest BCUT2D eigenvalue weighted by Gasteiger charge is 2.07. The van der Waals surface area contributed by atoms with Crippen molar-refractivity contribution in [2.75, 3.05) is 19.5 Å². The van der Waals surface area contributed by atoms with E-state index in [9.17, 15) is 0 Å². The van der Waals surface area contributed by atoms with Gasteiger partial charge >= 0.3 is 0 Å². The van der Waals surface area contributed by atoms with Crippen molar-refractivity contribution in [3.8, 4) is 17.2 Å². The van der Waals surface area contributed by atoms with Crippen LogP contribution in [-0.2, 0) is 6.54 Å². The van der Waals surface area contributed by atoms with Gasteiger partial charge in [0.2, 0.25) is 0 Å². The van der Waals surface area contributed by atoms with Crippen LogP contribution in [0.1, 0.15) is 5.56 Å². The Morgan fingerprint density at radius 1 is 0.926 bits per heavy atom. The molecule has 4 aromatic rings. The van der Waals surface area contributed by atoms with Crippen molar-refractivity contribution in [1.82, 2.24) is 9.55 Å². The highest BCUT2D eigenvalue weighted by Crippen LogP contribution is 2.24. The summed E-state index contributed by atoms with van der Waals surface area (Å²) in [5.74, 6) is 1.72. The Morgan fingerprint density at radius 3 is 2.52 bits per heavy atom. The average molecular weight is 359 g/mol. The van der Waals surface area contributed by atoms with Gasteiger partial charge in [0.25, 0.3) is 0 Å². The number of nitrogens with one attached hydrogen (secondary N) is 1. The Hall–Kier alpha value is -3.47. The van der Waals surface area contributed by atoms with Crippen molar-refractivity contribution >= 4 is 16.7 Å². The zero-order chi connectivity index (χ0) is 18.6. The van der Waals surface area contributed by atoms with Crippen LogP contribution in [0.15, 0.2) is 73.1 Å². The molecule has 0 atom stereocenters. The topological polar surface area (TPSA) is 48.3 Å². The summed E-state index contributed by atoms with van der Waals surface area (Å²) in [5.41, 5.74) is 5.18. The molecule has 0 aliphatic heterocycles. The van der Waals surface area contributed by atoms with Crippen LogP contribution in [0.4, 0.5) is 5.69 Å². The van der Waals surface area contributed by atoms with Crippen LogP contribution in [0.3, 0.4) is 0 Å². The van der Waals surface area contributed by atoms with Crippen LogP contribution in [0.25, 0.3) is 16.7 Å². The van der Waals surface area contributed by atoms with Gasteiger partial charge in [0.1, 0.15) is 17.8 Å². The van der Waals surface area contributed by atoms with E-state index >= 15 is 0 Å². The van der Waals surface area contributed by atoms with Gasteiger partial charge < -0.3 is 14.8 Å². The Bertz CT molecular complexity index is 1050. The van der Waals surface area contributed by atoms with E-state index in [0.717, 1.165) is 39.5 Å². The molecule has 27 heavy (non-hydrogen) atoms. The number of ether oxygens (including phenoxy) is 2. The van der Waals surface area contributed by atoms with Gasteiger partial charge in [-0.25, -0.2) is 4.98 Å². The predicted molar refractivity (Wildman–Crippen MR) is 108 cm³/mol. The maximum Gasteiger partial charge on any atom is 0.123 e. The van der Waals surface area contributed by atoms with Gasteiger partial charge in [-0.1, -0.05) is 18.2 Å². The average Bonchev–Trinajstić information content (AvgIpc) is 3.15. The van der Waals surface area contributed by atoms with Crippen LogP contribution in [0.5, 0.6) is 11.5 Å². The number of para-hydroxylation sites is 1. The standard InChI is InChI=1S/C22H21N3O2/c1-26-19-10-8-18(9-11-19)25-15-24-20-13-17(7-12-21(20)25)23-14-16-5-3-4-6-22(16)27-2/h3-13,15,23H,14H2,1-2H3. The molecule has 0 bridgehead atoms. The van der Waals surface area contributed by atoms with Gasteiger partial charge in [-0.15, -0.1) is 0 Å². The number of hydrogen-bond donors (Lipinski definition) is 1. The summed E-state index contributed by atoms with van der Waals surface area (Å²) >= 11 is 0. The van der Waals surface area contributed by atoms with Crippen LogP contribution >= 0.6 is 0 Å². The van der Waals surface area contributed by atoms with Crippen LogP contribution in [0, 0.1) is 0 Å². The second kappa shape index (κ2) is 7.41. The number of aromatic nitrogens is 2. The van der Waals surface area contributed by atoms with Gasteiger partial charge in [0.15, 0.2) is 0 Å². The normalized spacial score (nSPS) is 10.7. The van der Waals surface area contributed by atoms with Crippen molar-refractivity contribution < 1.29 is 9.47 Å². The molecule has 0 radical (unpaired) electrons. The SMILES string of the molecule is COc1ccc(-n2cnc3cc(NCc4ccccc4OC)ccc32)cc1. The van der Waals surface area contributed by atoms with Gasteiger partial charge in [0.05, 0.1) is 25.3 Å². The first-order valence-electron chi connectivity index (χ1n) is 8.76. The molecular formula is C22H21N3O2. The van der Waals surface area contributed by atoms with Crippen molar-refractivity contribution in [2.24, 2.45) is 0 Å². The molecule has 5 nitrogen and oxygen atoms in total. The fraction of sp³-hybridized carbons (Fsp3) is 0.136. The molecule has 136 valence electrons. The van der Waals surface area contributed by atoms with Gasteiger partial charge in [-0.3, -0.25) is 4.57 Å². The first kappa shape index (κ1) is 17.0. The number of fused-ring (bicyclic) bond motifs is 1. The fourth-order valence-corrected chi connectivity index (χ4v) is 3.12. The van der Waals surface area contributed by atoms with Crippen LogP contribution in [-0.4, -0.2) is 23.8 Å². The van der Waals surface area contributed by atoms with E-state index < -0.39 is 0 Å². The second-order valence-electron chi connectivity index (χ2n) is 6.18. The van der Waals surface area contributed by atoms with Crippen molar-refractivity contribution in [3.63, 3.8) is 0 Å². The number of hydrogen-bond acceptors (Lipinski definition) is 4. The van der Waals surface area contributed by atoms with E-state index in [2.05, 4.69) is 39.1 Å². The third-order valence-electron chi connectivity index (χ3n) is 4.57. The molecule has 4 rings (SSSR count). The van der Waals surface area contributed by atoms with Gasteiger partial charge in [0, 0.05) is 23.5 Å². The minimum atomic E-state index is 0.689. The van der Waals surface area contributed by atoms with Crippen molar-refractivity contribution in [1.29, 1.82) is 0 Å². The van der Waals surface area contributed by atoms with Gasteiger partial charge in [-0.05, 0) is 48.5 Å². The molecule has 0 amide bonds. The second-order valence-corrected chi connectivity index (χ2v) is 6.18. The number of anilines is 1. The molecule has 1 aromatic heterocycles. The molecule has 0 spiro atoms. The molecule has 0 aliphatic rings. The summed E-state index contributed by atoms with van der Waals surface area (Å²) in [6, 6.07) is 22.2. The molecule has 1 heterocycles. The maximum absolute atomic E-state index is 5.41. The smallest absolute Gasteiger partial charge is 0.123 e. The van der Waals surface area contributed by atoms with E-state index in [1.54, 1.807) is 14.2 Å². The van der Waals surface area contributed by atoms with Gasteiger partial charge in [-0.2, -0.15) is 0 Å². The Morgan fingerprint density at radius 2 is 1.74 bits per heavy atom. The lowest BCUT2D eigenvalue weighted by Crippen LogP contribution is -2.01. The molecular weight excluding hydrogens is 338 g/mol. The first-order valence-corrected chi connectivity index (χ1v) is 8.76. The number of rotatable bonds is 6. The molecule has 0 aliphatic carbocycles. The summed E-state index contributed by atoms with van der Waals surface area (Å²) in [5, 5.41) is 3.45. The molecule has 0 unspecified atom stereocenters. The van der Waals surface area contributed by atoms with E-state index in [1.807, 2.05) is 48.8 Å². The Balaban J connectivity index is 1.56. The molecule has 0 saturated carbocycles. The lowest BCUT2D eigenvalue weighted by Gasteiger charge is -2.11. The zero-order valence-corrected chi connectivity index (χ0v) is 15.3. The van der Waals surface area contributed by atoms with E-state index in [0.29, 0.717) is 6.54 Å². The molecule has 0 saturated heterocycles. The number of imidazole rings is 1. The monoisotopic (exact) mass is 359 g/mol. The highest BCUT2D eigenvalue weighted by atomic mass is 16.5. The van der Waals surface area contributed by atoms with Crippen LogP contribution in [0.2, 0.25) is 0 Å². The minimum Gasteiger partial charge on any atom is -0.497 e. The summed E-state index contributed by atoms with van der Waals surface area (Å²) < 4.78 is 12.7. The predicted octanol–water partition coefficient (Wildman–Crippen LogP) is 4.65. The maximum atomic E-state index is 5.41. The quantitative estimate of drug-likeness (QED) is 0.544. The van der Waals surface area contributed by atoms with Crippen LogP contribution < -0.4 is 14.8 Å². The third-order valence-corrected chi connectivity index (χ3v) is 4.57. The minimum absolute atomic E-state index is 0.689. The lowest BCUT2D eigenvalue weighted by molar-refractivity contribution is 0.410. The van der Waals surface area contributed by atoms with Crippen molar-refractivity contribution in [2.45, 2.75) is 6.54 Å². The zero-order valence-electron chi connectivity index (χ0n) is 15.3. The van der Waals surface area contributed by atoms with E-state index in [1.165, 1.54) is 0 Å². The third kappa shape index (κ3) is 3.44. The van der Waals surface area contributed by atoms with E-state index in [4.69, 9.17) is 9.47 Å². The largest absolute Gasteiger partial charge is 0.497 e. The number of benzene rings is 3. The summed E-state index contributed by atoms with van der Waals surface area (Å²) in [6.45, 7) is 0.689. The Kier molecular flexibility index (Phi) is 4.66. The lowest BCUT2D eigenvalue weighted by atomic mass is 10.2. The molecule has 0 fully saturated rings. The highest BCUT2D eigenvalue weighted by molar-refractivity contribution is 5.81. The summed E-state index contributed by atoms with van der Waals surface area (Å²) in [6.07, 6.45) is 1.84.